The second-order valence-corrected chi connectivity index (χ2v) is 4.27. The van der Waals surface area contributed by atoms with Crippen LogP contribution in [0.1, 0.15) is 36.1 Å². The van der Waals surface area contributed by atoms with Crippen LogP contribution in [0, 0.1) is 13.8 Å². The third-order valence-electron chi connectivity index (χ3n) is 2.94. The molecule has 0 bridgehead atoms. The second-order valence-electron chi connectivity index (χ2n) is 4.27. The van der Waals surface area contributed by atoms with E-state index in [0.29, 0.717) is 6.54 Å². The van der Waals surface area contributed by atoms with Gasteiger partial charge >= 0.3 is 0 Å². The van der Waals surface area contributed by atoms with Crippen LogP contribution in [0.4, 0.5) is 0 Å². The van der Waals surface area contributed by atoms with Gasteiger partial charge in [0.2, 0.25) is 0 Å². The maximum absolute atomic E-state index is 5.56. The number of aromatic nitrogens is 3. The van der Waals surface area contributed by atoms with Gasteiger partial charge in [0.15, 0.2) is 0 Å². The lowest BCUT2D eigenvalue weighted by Crippen LogP contribution is -2.20. The highest BCUT2D eigenvalue weighted by Crippen LogP contribution is 2.15. The predicted octanol–water partition coefficient (Wildman–Crippen LogP) is 1.88. The molecule has 1 atom stereocenters. The Bertz CT molecular complexity index is 500. The van der Waals surface area contributed by atoms with E-state index in [1.54, 1.807) is 0 Å². The van der Waals surface area contributed by atoms with E-state index in [4.69, 9.17) is 4.42 Å². The highest BCUT2D eigenvalue weighted by atomic mass is 16.3. The van der Waals surface area contributed by atoms with E-state index in [1.807, 2.05) is 37.6 Å². The quantitative estimate of drug-likeness (QED) is 0.877. The summed E-state index contributed by atoms with van der Waals surface area (Å²) in [5, 5.41) is 11.5. The minimum absolute atomic E-state index is 0.167. The van der Waals surface area contributed by atoms with Crippen LogP contribution < -0.4 is 5.32 Å². The molecule has 0 amide bonds. The molecule has 1 N–H and O–H groups in total. The molecule has 2 aromatic heterocycles. The molecular weight excluding hydrogens is 216 g/mol. The number of nitrogens with one attached hydrogen (secondary N) is 1. The van der Waals surface area contributed by atoms with Crippen molar-refractivity contribution < 1.29 is 4.42 Å². The molecule has 92 valence electrons. The lowest BCUT2D eigenvalue weighted by atomic mass is 10.2. The average molecular weight is 234 g/mol. The topological polar surface area (TPSA) is 55.9 Å². The van der Waals surface area contributed by atoms with E-state index in [2.05, 4.69) is 22.4 Å². The van der Waals surface area contributed by atoms with Crippen LogP contribution in [0.15, 0.2) is 16.5 Å². The predicted molar refractivity (Wildman–Crippen MR) is 64.4 cm³/mol. The molecule has 0 radical (unpaired) electrons. The van der Waals surface area contributed by atoms with E-state index < -0.39 is 0 Å². The zero-order valence-corrected chi connectivity index (χ0v) is 10.7. The summed E-state index contributed by atoms with van der Waals surface area (Å²) >= 11 is 0. The molecule has 1 unspecified atom stereocenters. The number of hydrogen-bond acceptors (Lipinski definition) is 4. The van der Waals surface area contributed by atoms with Crippen molar-refractivity contribution >= 4 is 0 Å². The van der Waals surface area contributed by atoms with Crippen molar-refractivity contribution in [1.82, 2.24) is 20.1 Å². The molecular formula is C12H18N4O. The summed E-state index contributed by atoms with van der Waals surface area (Å²) in [7, 11) is 1.97. The molecule has 5 nitrogen and oxygen atoms in total. The largest absolute Gasteiger partial charge is 0.465 e. The Morgan fingerprint density at radius 2 is 2.12 bits per heavy atom. The molecule has 0 spiro atoms. The maximum atomic E-state index is 5.56. The van der Waals surface area contributed by atoms with Crippen molar-refractivity contribution in [3.63, 3.8) is 0 Å². The molecule has 5 heteroatoms. The first kappa shape index (κ1) is 11.9. The first-order valence-corrected chi connectivity index (χ1v) is 5.72. The van der Waals surface area contributed by atoms with Crippen LogP contribution >= 0.6 is 0 Å². The summed E-state index contributed by atoms with van der Waals surface area (Å²) in [5.41, 5.74) is 0. The number of aryl methyl sites for hydroxylation is 2. The third-order valence-corrected chi connectivity index (χ3v) is 2.94. The molecule has 0 aliphatic heterocycles. The van der Waals surface area contributed by atoms with Gasteiger partial charge < -0.3 is 14.3 Å². The van der Waals surface area contributed by atoms with Gasteiger partial charge in [0.05, 0.1) is 12.6 Å². The first-order chi connectivity index (χ1) is 8.08. The van der Waals surface area contributed by atoms with Gasteiger partial charge in [-0.2, -0.15) is 0 Å². The SMILES string of the molecule is Cc1ccc(C(C)NCc2nnc(C)n2C)o1. The van der Waals surface area contributed by atoms with E-state index in [9.17, 15) is 0 Å². The molecule has 0 saturated carbocycles. The van der Waals surface area contributed by atoms with Crippen LogP contribution in [0.5, 0.6) is 0 Å². The molecule has 2 heterocycles. The van der Waals surface area contributed by atoms with Crippen molar-refractivity contribution in [3.8, 4) is 0 Å². The van der Waals surface area contributed by atoms with Crippen LogP contribution in [-0.2, 0) is 13.6 Å². The lowest BCUT2D eigenvalue weighted by Gasteiger charge is -2.10. The fraction of sp³-hybridized carbons (Fsp3) is 0.500. The normalized spacial score (nSPS) is 12.9. The second kappa shape index (κ2) is 4.71. The van der Waals surface area contributed by atoms with Gasteiger partial charge in [-0.15, -0.1) is 10.2 Å². The molecule has 0 saturated heterocycles. The first-order valence-electron chi connectivity index (χ1n) is 5.72. The van der Waals surface area contributed by atoms with E-state index in [-0.39, 0.29) is 6.04 Å². The zero-order valence-electron chi connectivity index (χ0n) is 10.7. The van der Waals surface area contributed by atoms with Gasteiger partial charge in [-0.3, -0.25) is 0 Å². The van der Waals surface area contributed by atoms with Gasteiger partial charge in [0.25, 0.3) is 0 Å². The van der Waals surface area contributed by atoms with Gasteiger partial charge in [-0.1, -0.05) is 0 Å². The van der Waals surface area contributed by atoms with E-state index in [0.717, 1.165) is 23.2 Å². The number of nitrogens with zero attached hydrogens (tertiary/aromatic N) is 3. The summed E-state index contributed by atoms with van der Waals surface area (Å²) in [5.74, 6) is 3.73. The number of hydrogen-bond donors (Lipinski definition) is 1. The van der Waals surface area contributed by atoms with Gasteiger partial charge in [-0.05, 0) is 32.9 Å². The molecule has 0 aromatic carbocycles. The minimum Gasteiger partial charge on any atom is -0.465 e. The Labute approximate surface area is 101 Å². The summed E-state index contributed by atoms with van der Waals surface area (Å²) in [6, 6.07) is 4.13. The Morgan fingerprint density at radius 3 is 2.65 bits per heavy atom. The fourth-order valence-corrected chi connectivity index (χ4v) is 1.64. The van der Waals surface area contributed by atoms with E-state index >= 15 is 0 Å². The van der Waals surface area contributed by atoms with Crippen LogP contribution in [-0.4, -0.2) is 14.8 Å². The summed E-state index contributed by atoms with van der Waals surface area (Å²) in [6.45, 7) is 6.64. The third kappa shape index (κ3) is 2.55. The van der Waals surface area contributed by atoms with Gasteiger partial charge in [0.1, 0.15) is 23.2 Å². The molecule has 0 aliphatic carbocycles. The van der Waals surface area contributed by atoms with Crippen molar-refractivity contribution in [1.29, 1.82) is 0 Å². The Hall–Kier alpha value is -1.62. The van der Waals surface area contributed by atoms with Gasteiger partial charge in [-0.25, -0.2) is 0 Å². The van der Waals surface area contributed by atoms with Crippen LogP contribution in [0.25, 0.3) is 0 Å². The standard InChI is InChI=1S/C12H18N4O/c1-8-5-6-11(17-8)9(2)13-7-12-15-14-10(3)16(12)4/h5-6,9,13H,7H2,1-4H3. The highest BCUT2D eigenvalue weighted by molar-refractivity contribution is 5.09. The number of rotatable bonds is 4. The summed E-state index contributed by atoms with van der Waals surface area (Å²) in [4.78, 5) is 0. The molecule has 17 heavy (non-hydrogen) atoms. The van der Waals surface area contributed by atoms with Crippen LogP contribution in [0.3, 0.4) is 0 Å². The molecule has 2 aromatic rings. The maximum Gasteiger partial charge on any atom is 0.146 e. The van der Waals surface area contributed by atoms with Crippen LogP contribution in [0.2, 0.25) is 0 Å². The fourth-order valence-electron chi connectivity index (χ4n) is 1.64. The van der Waals surface area contributed by atoms with Crippen molar-refractivity contribution in [2.24, 2.45) is 7.05 Å². The molecule has 0 aliphatic rings. The number of furan rings is 1. The highest BCUT2D eigenvalue weighted by Gasteiger charge is 2.11. The summed E-state index contributed by atoms with van der Waals surface area (Å²) in [6.07, 6.45) is 0. The van der Waals surface area contributed by atoms with Crippen molar-refractivity contribution in [2.45, 2.75) is 33.4 Å². The Kier molecular flexibility index (Phi) is 3.28. The summed E-state index contributed by atoms with van der Waals surface area (Å²) < 4.78 is 7.54. The van der Waals surface area contributed by atoms with Crippen molar-refractivity contribution in [2.75, 3.05) is 0 Å². The van der Waals surface area contributed by atoms with E-state index in [1.165, 1.54) is 0 Å². The van der Waals surface area contributed by atoms with Gasteiger partial charge in [0, 0.05) is 7.05 Å². The lowest BCUT2D eigenvalue weighted by molar-refractivity contribution is 0.411. The Morgan fingerprint density at radius 1 is 1.35 bits per heavy atom. The average Bonchev–Trinajstić information content (AvgIpc) is 2.86. The minimum atomic E-state index is 0.167. The molecule has 0 fully saturated rings. The molecule has 2 rings (SSSR count). The monoisotopic (exact) mass is 234 g/mol. The Balaban J connectivity index is 1.96. The smallest absolute Gasteiger partial charge is 0.146 e. The van der Waals surface area contributed by atoms with Crippen molar-refractivity contribution in [3.05, 3.63) is 35.3 Å². The zero-order chi connectivity index (χ0) is 12.4.